The highest BCUT2D eigenvalue weighted by atomic mass is 16.5. The second kappa shape index (κ2) is 9.64. The lowest BCUT2D eigenvalue weighted by Crippen LogP contribution is -2.55. The number of hydrogen-bond acceptors (Lipinski definition) is 4. The Hall–Kier alpha value is -1.88. The van der Waals surface area contributed by atoms with Gasteiger partial charge in [-0.25, -0.2) is 0 Å². The maximum atomic E-state index is 12.6. The van der Waals surface area contributed by atoms with Crippen molar-refractivity contribution in [3.8, 4) is 0 Å². The van der Waals surface area contributed by atoms with Gasteiger partial charge in [-0.1, -0.05) is 72.8 Å². The largest absolute Gasteiger partial charge is 0.481 e. The Morgan fingerprint density at radius 1 is 1.13 bits per heavy atom. The topological polar surface area (TPSA) is 83.8 Å². The van der Waals surface area contributed by atoms with Gasteiger partial charge in [0, 0.05) is 23.7 Å². The second-order valence-corrected chi connectivity index (χ2v) is 14.4. The molecular formula is C33H50O5. The molecule has 8 atom stereocenters. The molecule has 2 fully saturated rings. The molecule has 0 heterocycles. The summed E-state index contributed by atoms with van der Waals surface area (Å²) in [5.74, 6) is -1.28. The molecule has 2 saturated carbocycles. The average Bonchev–Trinajstić information content (AvgIpc) is 3.01. The lowest BCUT2D eigenvalue weighted by molar-refractivity contribution is -0.165. The third-order valence-electron chi connectivity index (χ3n) is 11.9. The first kappa shape index (κ1) is 29.1. The molecule has 0 saturated heterocycles. The normalized spacial score (nSPS) is 40.3. The van der Waals surface area contributed by atoms with Crippen LogP contribution in [0.15, 0.2) is 35.5 Å². The average molecular weight is 527 g/mol. The third-order valence-corrected chi connectivity index (χ3v) is 11.9. The summed E-state index contributed by atoms with van der Waals surface area (Å²) in [5.41, 5.74) is 2.93. The first-order valence-corrected chi connectivity index (χ1v) is 14.7. The van der Waals surface area contributed by atoms with Gasteiger partial charge < -0.3 is 14.9 Å². The minimum atomic E-state index is -0.805. The summed E-state index contributed by atoms with van der Waals surface area (Å²) in [5, 5.41) is 21.9. The molecule has 0 bridgehead atoms. The van der Waals surface area contributed by atoms with Crippen molar-refractivity contribution in [2.45, 2.75) is 113 Å². The van der Waals surface area contributed by atoms with Crippen molar-refractivity contribution < 1.29 is 24.5 Å². The molecule has 0 spiro atoms. The third kappa shape index (κ3) is 4.22. The number of carbonyl (C=O) groups is 2. The van der Waals surface area contributed by atoms with Gasteiger partial charge in [0.15, 0.2) is 0 Å². The Bertz CT molecular complexity index is 1070. The minimum absolute atomic E-state index is 0.0428. The van der Waals surface area contributed by atoms with Crippen molar-refractivity contribution in [2.75, 3.05) is 0 Å². The highest BCUT2D eigenvalue weighted by Gasteiger charge is 2.66. The maximum Gasteiger partial charge on any atom is 0.306 e. The molecule has 5 heteroatoms. The standard InChI is InChI=1S/C33H50O5/c1-19(2)20(3)10-11-22(29(36)37)28-25(35)18-33(9)24-12-13-26-30(5,6)27(38-21(4)34)15-16-31(26,7)23(24)14-17-32(28,33)8/h12,14,19,22,25-28,35H,3,10-11,13,15-18H2,1-2,4-9H3,(H,36,37)/t22?,25-,26+,27?,28+,31-,32-,33+/m1/s1. The molecule has 0 amide bonds. The number of allylic oxidation sites excluding steroid dienone is 5. The molecule has 2 N–H and O–H groups in total. The summed E-state index contributed by atoms with van der Waals surface area (Å²) < 4.78 is 5.80. The fourth-order valence-electron chi connectivity index (χ4n) is 9.30. The Kier molecular flexibility index (Phi) is 7.39. The van der Waals surface area contributed by atoms with Crippen LogP contribution in [0.2, 0.25) is 0 Å². The van der Waals surface area contributed by atoms with Gasteiger partial charge in [0.05, 0.1) is 12.0 Å². The summed E-state index contributed by atoms with van der Waals surface area (Å²) in [6, 6.07) is 0. The number of ether oxygens (including phenoxy) is 1. The number of hydrogen-bond donors (Lipinski definition) is 2. The van der Waals surface area contributed by atoms with Gasteiger partial charge in [-0.05, 0) is 78.8 Å². The SMILES string of the molecule is C=C(CCC(C(=O)O)[C@H]1[C@H](O)C[C@@]2(C)C3=CC[C@H]4C(C)(C)C(OC(C)=O)CC[C@]4(C)C3=CC[C@]12C)C(C)C. The van der Waals surface area contributed by atoms with E-state index in [-0.39, 0.29) is 39.7 Å². The molecule has 0 aromatic rings. The molecule has 2 unspecified atom stereocenters. The number of carboxylic acids is 1. The second-order valence-electron chi connectivity index (χ2n) is 14.4. The van der Waals surface area contributed by atoms with E-state index < -0.39 is 18.0 Å². The molecule has 4 aliphatic rings. The number of aliphatic carboxylic acids is 1. The van der Waals surface area contributed by atoms with Crippen LogP contribution in [0.3, 0.4) is 0 Å². The van der Waals surface area contributed by atoms with Crippen molar-refractivity contribution in [2.24, 2.45) is 45.3 Å². The molecule has 4 aliphatic carbocycles. The number of fused-ring (bicyclic) bond motifs is 5. The van der Waals surface area contributed by atoms with Gasteiger partial charge in [0.1, 0.15) is 6.10 Å². The van der Waals surface area contributed by atoms with Crippen LogP contribution < -0.4 is 0 Å². The van der Waals surface area contributed by atoms with Crippen LogP contribution in [0.1, 0.15) is 100 Å². The summed E-state index contributed by atoms with van der Waals surface area (Å²) >= 11 is 0. The van der Waals surface area contributed by atoms with E-state index in [4.69, 9.17) is 4.74 Å². The van der Waals surface area contributed by atoms with E-state index in [1.165, 1.54) is 18.1 Å². The Labute approximate surface area is 229 Å². The summed E-state index contributed by atoms with van der Waals surface area (Å²) in [6.07, 6.45) is 9.26. The van der Waals surface area contributed by atoms with Crippen LogP contribution in [0, 0.1) is 45.3 Å². The molecule has 5 nitrogen and oxygen atoms in total. The van der Waals surface area contributed by atoms with Crippen molar-refractivity contribution in [3.05, 3.63) is 35.5 Å². The fraction of sp³-hybridized carbons (Fsp3) is 0.758. The summed E-state index contributed by atoms with van der Waals surface area (Å²) in [4.78, 5) is 24.5. The lowest BCUT2D eigenvalue weighted by atomic mass is 9.44. The Morgan fingerprint density at radius 2 is 1.79 bits per heavy atom. The van der Waals surface area contributed by atoms with Crippen LogP contribution in [-0.2, 0) is 14.3 Å². The van der Waals surface area contributed by atoms with Gasteiger partial charge in [-0.3, -0.25) is 9.59 Å². The van der Waals surface area contributed by atoms with Crippen LogP contribution in [0.5, 0.6) is 0 Å². The Morgan fingerprint density at radius 3 is 2.37 bits per heavy atom. The fourth-order valence-corrected chi connectivity index (χ4v) is 9.30. The quantitative estimate of drug-likeness (QED) is 0.273. The number of aliphatic hydroxyl groups is 1. The van der Waals surface area contributed by atoms with Crippen LogP contribution >= 0.6 is 0 Å². The number of esters is 1. The maximum absolute atomic E-state index is 12.6. The number of rotatable bonds is 7. The number of aliphatic hydroxyl groups excluding tert-OH is 1. The molecule has 0 aromatic carbocycles. The van der Waals surface area contributed by atoms with Gasteiger partial charge >= 0.3 is 11.9 Å². The predicted octanol–water partition coefficient (Wildman–Crippen LogP) is 7.11. The molecule has 0 aromatic heterocycles. The molecule has 4 rings (SSSR count). The van der Waals surface area contributed by atoms with E-state index in [0.717, 1.165) is 31.3 Å². The molecular weight excluding hydrogens is 476 g/mol. The monoisotopic (exact) mass is 526 g/mol. The van der Waals surface area contributed by atoms with E-state index in [9.17, 15) is 19.8 Å². The zero-order valence-corrected chi connectivity index (χ0v) is 24.9. The van der Waals surface area contributed by atoms with Crippen LogP contribution in [-0.4, -0.2) is 34.4 Å². The van der Waals surface area contributed by atoms with Crippen LogP contribution in [0.4, 0.5) is 0 Å². The summed E-state index contributed by atoms with van der Waals surface area (Å²) in [6.45, 7) is 21.2. The van der Waals surface area contributed by atoms with Gasteiger partial charge in [-0.15, -0.1) is 0 Å². The molecule has 38 heavy (non-hydrogen) atoms. The minimum Gasteiger partial charge on any atom is -0.481 e. The molecule has 0 aliphatic heterocycles. The van der Waals surface area contributed by atoms with Crippen molar-refractivity contribution >= 4 is 11.9 Å². The predicted molar refractivity (Wildman–Crippen MR) is 150 cm³/mol. The van der Waals surface area contributed by atoms with E-state index in [1.807, 2.05) is 0 Å². The number of carbonyl (C=O) groups excluding carboxylic acids is 1. The van der Waals surface area contributed by atoms with Gasteiger partial charge in [0.2, 0.25) is 0 Å². The number of carboxylic acid groups (broad SMARTS) is 1. The van der Waals surface area contributed by atoms with Crippen LogP contribution in [0.25, 0.3) is 0 Å². The zero-order valence-electron chi connectivity index (χ0n) is 24.9. The zero-order chi connectivity index (χ0) is 28.4. The Balaban J connectivity index is 1.70. The first-order chi connectivity index (χ1) is 17.5. The van der Waals surface area contributed by atoms with Gasteiger partial charge in [0.25, 0.3) is 0 Å². The molecule has 212 valence electrons. The lowest BCUT2D eigenvalue weighted by Gasteiger charge is -2.61. The van der Waals surface area contributed by atoms with Gasteiger partial charge in [-0.2, -0.15) is 0 Å². The highest BCUT2D eigenvalue weighted by molar-refractivity contribution is 5.71. The van der Waals surface area contributed by atoms with Crippen molar-refractivity contribution in [1.82, 2.24) is 0 Å². The van der Waals surface area contributed by atoms with Crippen molar-refractivity contribution in [3.63, 3.8) is 0 Å². The first-order valence-electron chi connectivity index (χ1n) is 14.7. The highest BCUT2D eigenvalue weighted by Crippen LogP contribution is 2.72. The van der Waals surface area contributed by atoms with E-state index in [0.29, 0.717) is 31.1 Å². The smallest absolute Gasteiger partial charge is 0.306 e. The van der Waals surface area contributed by atoms with Crippen molar-refractivity contribution in [1.29, 1.82) is 0 Å². The van der Waals surface area contributed by atoms with E-state index >= 15 is 0 Å². The van der Waals surface area contributed by atoms with E-state index in [2.05, 4.69) is 67.2 Å². The van der Waals surface area contributed by atoms with E-state index in [1.54, 1.807) is 0 Å². The summed E-state index contributed by atoms with van der Waals surface area (Å²) in [7, 11) is 0. The molecule has 0 radical (unpaired) electrons.